The molecule has 2 aliphatic rings. The molecule has 0 spiro atoms. The van der Waals surface area contributed by atoms with E-state index in [-0.39, 0.29) is 6.61 Å². The van der Waals surface area contributed by atoms with Crippen molar-refractivity contribution in [3.05, 3.63) is 35.9 Å². The maximum absolute atomic E-state index is 11.7. The van der Waals surface area contributed by atoms with Crippen LogP contribution in [0.15, 0.2) is 35.3 Å². The lowest BCUT2D eigenvalue weighted by Crippen LogP contribution is -2.59. The van der Waals surface area contributed by atoms with Gasteiger partial charge in [0.05, 0.1) is 0 Å². The van der Waals surface area contributed by atoms with E-state index in [0.717, 1.165) is 5.56 Å². The fourth-order valence-electron chi connectivity index (χ4n) is 3.26. The van der Waals surface area contributed by atoms with Crippen LogP contribution in [-0.2, 0) is 39.9 Å². The molecule has 1 saturated heterocycles. The van der Waals surface area contributed by atoms with E-state index in [1.165, 1.54) is 32.5 Å². The Labute approximate surface area is 178 Å². The minimum atomic E-state index is -0.954. The van der Waals surface area contributed by atoms with Crippen LogP contribution in [0.2, 0.25) is 0 Å². The van der Waals surface area contributed by atoms with Crippen LogP contribution in [0.3, 0.4) is 0 Å². The Morgan fingerprint density at radius 3 is 2.33 bits per heavy atom. The van der Waals surface area contributed by atoms with Gasteiger partial charge in [-0.15, -0.1) is 0 Å². The fourth-order valence-corrected chi connectivity index (χ4v) is 4.37. The Hall–Kier alpha value is -2.59. The Balaban J connectivity index is 1.78. The van der Waals surface area contributed by atoms with E-state index in [0.29, 0.717) is 11.7 Å². The number of nitrogens with zero attached hydrogens (tertiary/aromatic N) is 1. The normalized spacial score (nSPS) is 27.4. The molecule has 0 aliphatic carbocycles. The number of ether oxygens (including phenoxy) is 4. The highest BCUT2D eigenvalue weighted by molar-refractivity contribution is 8.14. The number of fused-ring (bicyclic) bond motifs is 1. The first kappa shape index (κ1) is 22.1. The van der Waals surface area contributed by atoms with Gasteiger partial charge in [-0.05, 0) is 5.56 Å². The highest BCUT2D eigenvalue weighted by atomic mass is 32.2. The van der Waals surface area contributed by atoms with Crippen molar-refractivity contribution in [1.29, 1.82) is 0 Å². The highest BCUT2D eigenvalue weighted by Gasteiger charge is 2.53. The van der Waals surface area contributed by atoms with Crippen LogP contribution in [0.4, 0.5) is 0 Å². The number of aliphatic imine (C=N–C) groups is 1. The van der Waals surface area contributed by atoms with Crippen LogP contribution in [0.25, 0.3) is 0 Å². The monoisotopic (exact) mass is 436 g/mol. The largest absolute Gasteiger partial charge is 0.463 e. The van der Waals surface area contributed by atoms with Crippen molar-refractivity contribution in [2.24, 2.45) is 4.99 Å². The van der Waals surface area contributed by atoms with Crippen LogP contribution in [0.5, 0.6) is 0 Å². The average molecular weight is 436 g/mol. The fraction of sp³-hybridized carbons (Fsp3) is 0.500. The predicted octanol–water partition coefficient (Wildman–Crippen LogP) is 1.40. The van der Waals surface area contributed by atoms with E-state index in [2.05, 4.69) is 10.3 Å². The number of nitrogens with one attached hydrogen (secondary N) is 1. The summed E-state index contributed by atoms with van der Waals surface area (Å²) in [5.74, 6) is -1.59. The standard InChI is InChI=1S/C20H24N2O7S/c1-11(23)26-10-15-17(27-12(2)24)18(28-13(3)25)16-19(29-15)30-20(22-16)21-9-14-7-5-4-6-8-14/h4-8,15-19H,9-10H2,1-3H3,(H,21,22)/t15-,16-,17-,18-,19-/m1/s1. The number of hydrogen-bond acceptors (Lipinski definition) is 10. The van der Waals surface area contributed by atoms with Crippen LogP contribution >= 0.6 is 11.8 Å². The molecule has 1 aromatic carbocycles. The Morgan fingerprint density at radius 1 is 1.03 bits per heavy atom. The summed E-state index contributed by atoms with van der Waals surface area (Å²) in [6.45, 7) is 4.22. The van der Waals surface area contributed by atoms with Crippen LogP contribution < -0.4 is 5.32 Å². The summed E-state index contributed by atoms with van der Waals surface area (Å²) in [6.07, 6.45) is -2.61. The van der Waals surface area contributed by atoms with Crippen molar-refractivity contribution in [3.8, 4) is 0 Å². The molecule has 1 aromatic rings. The lowest BCUT2D eigenvalue weighted by Gasteiger charge is -2.41. The second-order valence-corrected chi connectivity index (χ2v) is 7.96. The molecule has 0 unspecified atom stereocenters. The SMILES string of the molecule is CC(=O)OC[C@H]1O[C@@H]2SC(NCc3ccccc3)=N[C@@H]2[C@@H](OC(C)=O)[C@@H]1OC(C)=O. The molecular weight excluding hydrogens is 412 g/mol. The summed E-state index contributed by atoms with van der Waals surface area (Å²) < 4.78 is 22.0. The van der Waals surface area contributed by atoms with E-state index < -0.39 is 47.7 Å². The van der Waals surface area contributed by atoms with Crippen molar-refractivity contribution in [2.75, 3.05) is 6.61 Å². The van der Waals surface area contributed by atoms with E-state index in [4.69, 9.17) is 18.9 Å². The molecule has 162 valence electrons. The van der Waals surface area contributed by atoms with Crippen molar-refractivity contribution in [1.82, 2.24) is 5.32 Å². The first-order valence-electron chi connectivity index (χ1n) is 9.49. The number of benzene rings is 1. The van der Waals surface area contributed by atoms with Crippen molar-refractivity contribution >= 4 is 34.8 Å². The molecule has 1 fully saturated rings. The summed E-state index contributed by atoms with van der Waals surface area (Å²) in [7, 11) is 0. The zero-order valence-corrected chi connectivity index (χ0v) is 17.7. The van der Waals surface area contributed by atoms with E-state index in [1.54, 1.807) is 0 Å². The third kappa shape index (κ3) is 5.73. The van der Waals surface area contributed by atoms with Gasteiger partial charge in [-0.2, -0.15) is 0 Å². The molecule has 1 N–H and O–H groups in total. The molecule has 9 nitrogen and oxygen atoms in total. The van der Waals surface area contributed by atoms with E-state index in [9.17, 15) is 14.4 Å². The zero-order chi connectivity index (χ0) is 21.7. The lowest BCUT2D eigenvalue weighted by atomic mass is 9.98. The van der Waals surface area contributed by atoms with E-state index in [1.807, 2.05) is 30.3 Å². The second kappa shape index (κ2) is 9.94. The van der Waals surface area contributed by atoms with E-state index >= 15 is 0 Å². The quantitative estimate of drug-likeness (QED) is 0.522. The van der Waals surface area contributed by atoms with Gasteiger partial charge in [-0.25, -0.2) is 0 Å². The molecule has 5 atom stereocenters. The Morgan fingerprint density at radius 2 is 1.70 bits per heavy atom. The van der Waals surface area contributed by atoms with Gasteiger partial charge >= 0.3 is 17.9 Å². The molecule has 10 heteroatoms. The third-order valence-electron chi connectivity index (χ3n) is 4.45. The van der Waals surface area contributed by atoms with Crippen LogP contribution in [0.1, 0.15) is 26.3 Å². The first-order chi connectivity index (χ1) is 14.3. The van der Waals surface area contributed by atoms with Gasteiger partial charge in [0.15, 0.2) is 17.4 Å². The maximum atomic E-state index is 11.7. The van der Waals surface area contributed by atoms with Crippen molar-refractivity contribution in [3.63, 3.8) is 0 Å². The molecule has 2 heterocycles. The number of carbonyl (C=O) groups is 3. The summed E-state index contributed by atoms with van der Waals surface area (Å²) >= 11 is 1.35. The number of amidine groups is 1. The van der Waals surface area contributed by atoms with Gasteiger partial charge in [-0.3, -0.25) is 19.4 Å². The van der Waals surface area contributed by atoms with Gasteiger partial charge in [0.2, 0.25) is 0 Å². The number of rotatable bonds is 6. The van der Waals surface area contributed by atoms with Crippen LogP contribution in [-0.4, -0.2) is 59.5 Å². The molecule has 30 heavy (non-hydrogen) atoms. The topological polar surface area (TPSA) is 113 Å². The van der Waals surface area contributed by atoms with Crippen molar-refractivity contribution in [2.45, 2.75) is 57.1 Å². The third-order valence-corrected chi connectivity index (χ3v) is 5.55. The molecule has 3 rings (SSSR count). The number of carbonyl (C=O) groups excluding carboxylic acids is 3. The smallest absolute Gasteiger partial charge is 0.303 e. The Kier molecular flexibility index (Phi) is 7.33. The highest BCUT2D eigenvalue weighted by Crippen LogP contribution is 2.38. The summed E-state index contributed by atoms with van der Waals surface area (Å²) in [5, 5.41) is 3.87. The maximum Gasteiger partial charge on any atom is 0.303 e. The molecule has 0 radical (unpaired) electrons. The van der Waals surface area contributed by atoms with Gasteiger partial charge in [0, 0.05) is 27.3 Å². The average Bonchev–Trinajstić information content (AvgIpc) is 3.09. The molecule has 0 bridgehead atoms. The minimum Gasteiger partial charge on any atom is -0.463 e. The zero-order valence-electron chi connectivity index (χ0n) is 16.9. The summed E-state index contributed by atoms with van der Waals surface area (Å²) in [6, 6.07) is 9.24. The number of hydrogen-bond donors (Lipinski definition) is 1. The Bertz CT molecular complexity index is 817. The second-order valence-electron chi connectivity index (χ2n) is 6.88. The van der Waals surface area contributed by atoms with Crippen LogP contribution in [0, 0.1) is 0 Å². The minimum absolute atomic E-state index is 0.137. The number of esters is 3. The van der Waals surface area contributed by atoms with Gasteiger partial charge in [-0.1, -0.05) is 42.1 Å². The predicted molar refractivity (Wildman–Crippen MR) is 108 cm³/mol. The molecule has 0 saturated carbocycles. The lowest BCUT2D eigenvalue weighted by molar-refractivity contribution is -0.208. The molecule has 0 aromatic heterocycles. The van der Waals surface area contributed by atoms with Gasteiger partial charge in [0.25, 0.3) is 0 Å². The number of thioether (sulfide) groups is 1. The van der Waals surface area contributed by atoms with Crippen molar-refractivity contribution < 1.29 is 33.3 Å². The molecule has 2 aliphatic heterocycles. The summed E-state index contributed by atoms with van der Waals surface area (Å²) in [5.41, 5.74) is 0.596. The van der Waals surface area contributed by atoms with Gasteiger partial charge in [0.1, 0.15) is 24.2 Å². The first-order valence-corrected chi connectivity index (χ1v) is 10.4. The molecule has 0 amide bonds. The molecular formula is C20H24N2O7S. The van der Waals surface area contributed by atoms with Gasteiger partial charge < -0.3 is 24.3 Å². The summed E-state index contributed by atoms with van der Waals surface area (Å²) in [4.78, 5) is 39.3.